The fraction of sp³-hybridized carbons (Fsp3) is 0.231. The summed E-state index contributed by atoms with van der Waals surface area (Å²) >= 11 is 12.2. The molecule has 1 heterocycles. The Morgan fingerprint density at radius 3 is 2.30 bits per heavy atom. The number of piperidine rings is 1. The fourth-order valence-electron chi connectivity index (χ4n) is 4.14. The van der Waals surface area contributed by atoms with Gasteiger partial charge in [0.15, 0.2) is 0 Å². The smallest absolute Gasteiger partial charge is 0.307 e. The van der Waals surface area contributed by atoms with E-state index in [9.17, 15) is 10.1 Å². The van der Waals surface area contributed by atoms with Gasteiger partial charge in [0.2, 0.25) is 0 Å². The lowest BCUT2D eigenvalue weighted by molar-refractivity contribution is 0.234. The number of carbonyl (C=O) groups is 1. The molecular formula is C26H24Cl2N4O. The maximum Gasteiger partial charge on any atom is 0.326 e. The molecule has 1 N–H and O–H groups in total. The summed E-state index contributed by atoms with van der Waals surface area (Å²) < 4.78 is 0. The van der Waals surface area contributed by atoms with Gasteiger partial charge in [-0.15, -0.1) is 0 Å². The number of nitrogens with zero attached hydrogens (tertiary/aromatic N) is 3. The average Bonchev–Trinajstić information content (AvgIpc) is 2.80. The lowest BCUT2D eigenvalue weighted by atomic mass is 10.0. The number of urea groups is 1. The largest absolute Gasteiger partial charge is 0.326 e. The molecule has 2 amide bonds. The quantitative estimate of drug-likeness (QED) is 0.455. The summed E-state index contributed by atoms with van der Waals surface area (Å²) in [5.74, 6) is 0. The van der Waals surface area contributed by atoms with Crippen molar-refractivity contribution in [3.05, 3.63) is 82.3 Å². The van der Waals surface area contributed by atoms with E-state index in [0.29, 0.717) is 21.3 Å². The first-order valence-corrected chi connectivity index (χ1v) is 11.5. The minimum atomic E-state index is -0.220. The Hall–Kier alpha value is -3.04. The molecule has 168 valence electrons. The molecule has 0 aromatic heterocycles. The highest BCUT2D eigenvalue weighted by molar-refractivity contribution is 6.35. The molecule has 3 aromatic carbocycles. The van der Waals surface area contributed by atoms with Crippen molar-refractivity contribution in [2.45, 2.75) is 18.9 Å². The van der Waals surface area contributed by atoms with Crippen molar-refractivity contribution in [1.82, 2.24) is 4.90 Å². The van der Waals surface area contributed by atoms with Crippen molar-refractivity contribution in [1.29, 1.82) is 5.26 Å². The molecule has 3 aromatic rings. The van der Waals surface area contributed by atoms with Crippen molar-refractivity contribution >= 4 is 40.6 Å². The van der Waals surface area contributed by atoms with Gasteiger partial charge in [-0.1, -0.05) is 47.5 Å². The molecule has 33 heavy (non-hydrogen) atoms. The van der Waals surface area contributed by atoms with Crippen LogP contribution in [0.15, 0.2) is 66.7 Å². The molecular weight excluding hydrogens is 455 g/mol. The van der Waals surface area contributed by atoms with Gasteiger partial charge >= 0.3 is 6.03 Å². The maximum absolute atomic E-state index is 13.4. The molecule has 0 saturated carbocycles. The molecule has 0 bridgehead atoms. The van der Waals surface area contributed by atoms with Crippen LogP contribution in [-0.2, 0) is 0 Å². The summed E-state index contributed by atoms with van der Waals surface area (Å²) in [6.45, 7) is 1.85. The predicted octanol–water partition coefficient (Wildman–Crippen LogP) is 6.66. The molecule has 0 aliphatic carbocycles. The Bertz CT molecular complexity index is 1160. The minimum absolute atomic E-state index is 0.0728. The first-order valence-electron chi connectivity index (χ1n) is 10.8. The van der Waals surface area contributed by atoms with E-state index in [4.69, 9.17) is 23.2 Å². The molecule has 0 spiro atoms. The van der Waals surface area contributed by atoms with Crippen LogP contribution in [0, 0.1) is 11.3 Å². The van der Waals surface area contributed by atoms with Crippen molar-refractivity contribution < 1.29 is 4.79 Å². The third-order valence-electron chi connectivity index (χ3n) is 5.86. The molecule has 1 saturated heterocycles. The second-order valence-electron chi connectivity index (χ2n) is 8.23. The molecule has 4 rings (SSSR count). The van der Waals surface area contributed by atoms with Crippen LogP contribution in [0.2, 0.25) is 10.0 Å². The van der Waals surface area contributed by atoms with E-state index < -0.39 is 0 Å². The number of carbonyl (C=O) groups excluding carboxylic acids is 1. The maximum atomic E-state index is 13.4. The van der Waals surface area contributed by atoms with E-state index in [1.54, 1.807) is 24.3 Å². The predicted molar refractivity (Wildman–Crippen MR) is 135 cm³/mol. The zero-order valence-electron chi connectivity index (χ0n) is 18.3. The number of nitrogens with one attached hydrogen (secondary N) is 1. The normalized spacial score (nSPS) is 14.5. The van der Waals surface area contributed by atoms with Crippen LogP contribution < -0.4 is 10.2 Å². The van der Waals surface area contributed by atoms with Gasteiger partial charge in [-0.25, -0.2) is 4.79 Å². The fourth-order valence-corrected chi connectivity index (χ4v) is 4.67. The van der Waals surface area contributed by atoms with Gasteiger partial charge in [0.1, 0.15) is 0 Å². The van der Waals surface area contributed by atoms with E-state index in [-0.39, 0.29) is 12.1 Å². The van der Waals surface area contributed by atoms with E-state index >= 15 is 0 Å². The van der Waals surface area contributed by atoms with Gasteiger partial charge in [0.05, 0.1) is 11.6 Å². The van der Waals surface area contributed by atoms with Gasteiger partial charge in [-0.3, -0.25) is 4.90 Å². The number of rotatable bonds is 4. The number of hydrogen-bond acceptors (Lipinski definition) is 3. The summed E-state index contributed by atoms with van der Waals surface area (Å²) in [5.41, 5.74) is 3.94. The number of amides is 2. The standard InChI is InChI=1S/C26H24Cl2N4O/c1-31-11-9-25(10-12-31)32(26(33)30-23-15-21(27)14-22(28)16-23)24-7-5-19(6-8-24)20-4-2-3-18(13-20)17-29/h2-8,13-16,25H,9-12H2,1H3,(H,30,33). The first-order chi connectivity index (χ1) is 15.9. The Balaban J connectivity index is 1.62. The molecule has 1 fully saturated rings. The molecule has 1 aliphatic heterocycles. The third-order valence-corrected chi connectivity index (χ3v) is 6.29. The average molecular weight is 479 g/mol. The second-order valence-corrected chi connectivity index (χ2v) is 9.11. The van der Waals surface area contributed by atoms with Crippen LogP contribution >= 0.6 is 23.2 Å². The van der Waals surface area contributed by atoms with E-state index in [2.05, 4.69) is 23.3 Å². The second kappa shape index (κ2) is 10.3. The minimum Gasteiger partial charge on any atom is -0.307 e. The Morgan fingerprint density at radius 1 is 1.00 bits per heavy atom. The van der Waals surface area contributed by atoms with Crippen LogP contribution in [0.25, 0.3) is 11.1 Å². The number of halogens is 2. The van der Waals surface area contributed by atoms with Crippen molar-refractivity contribution in [3.8, 4) is 17.2 Å². The Labute approximate surface area is 204 Å². The summed E-state index contributed by atoms with van der Waals surface area (Å²) in [6, 6.07) is 22.4. The number of anilines is 2. The van der Waals surface area contributed by atoms with Crippen molar-refractivity contribution in [2.24, 2.45) is 0 Å². The molecule has 5 nitrogen and oxygen atoms in total. The summed E-state index contributed by atoms with van der Waals surface area (Å²) in [7, 11) is 2.10. The summed E-state index contributed by atoms with van der Waals surface area (Å²) in [5, 5.41) is 13.1. The van der Waals surface area contributed by atoms with Crippen LogP contribution in [0.3, 0.4) is 0 Å². The van der Waals surface area contributed by atoms with Crippen LogP contribution in [0.4, 0.5) is 16.2 Å². The lowest BCUT2D eigenvalue weighted by Gasteiger charge is -2.37. The van der Waals surface area contributed by atoms with Gasteiger partial charge < -0.3 is 10.2 Å². The molecule has 7 heteroatoms. The monoisotopic (exact) mass is 478 g/mol. The van der Waals surface area contributed by atoms with Crippen LogP contribution in [-0.4, -0.2) is 37.1 Å². The van der Waals surface area contributed by atoms with Gasteiger partial charge in [0.25, 0.3) is 0 Å². The first kappa shape index (κ1) is 23.1. The number of likely N-dealkylation sites (tertiary alicyclic amines) is 1. The zero-order chi connectivity index (χ0) is 23.4. The van der Waals surface area contributed by atoms with Crippen LogP contribution in [0.5, 0.6) is 0 Å². The molecule has 0 unspecified atom stereocenters. The van der Waals surface area contributed by atoms with E-state index in [1.807, 2.05) is 47.4 Å². The van der Waals surface area contributed by atoms with E-state index in [0.717, 1.165) is 42.7 Å². The SMILES string of the molecule is CN1CCC(N(C(=O)Nc2cc(Cl)cc(Cl)c2)c2ccc(-c3cccc(C#N)c3)cc2)CC1. The summed E-state index contributed by atoms with van der Waals surface area (Å²) in [6.07, 6.45) is 1.76. The molecule has 1 aliphatic rings. The summed E-state index contributed by atoms with van der Waals surface area (Å²) in [4.78, 5) is 17.5. The van der Waals surface area contributed by atoms with Crippen molar-refractivity contribution in [3.63, 3.8) is 0 Å². The zero-order valence-corrected chi connectivity index (χ0v) is 19.8. The highest BCUT2D eigenvalue weighted by atomic mass is 35.5. The van der Waals surface area contributed by atoms with Gasteiger partial charge in [0, 0.05) is 27.5 Å². The lowest BCUT2D eigenvalue weighted by Crippen LogP contribution is -2.48. The molecule has 0 atom stereocenters. The topological polar surface area (TPSA) is 59.4 Å². The number of benzene rings is 3. The van der Waals surface area contributed by atoms with Gasteiger partial charge in [-0.2, -0.15) is 5.26 Å². The number of hydrogen-bond donors (Lipinski definition) is 1. The molecule has 0 radical (unpaired) electrons. The Kier molecular flexibility index (Phi) is 7.20. The highest BCUT2D eigenvalue weighted by Gasteiger charge is 2.28. The van der Waals surface area contributed by atoms with Gasteiger partial charge in [-0.05, 0) is 86.6 Å². The van der Waals surface area contributed by atoms with E-state index in [1.165, 1.54) is 0 Å². The Morgan fingerprint density at radius 2 is 1.67 bits per heavy atom. The van der Waals surface area contributed by atoms with Crippen LogP contribution in [0.1, 0.15) is 18.4 Å². The third kappa shape index (κ3) is 5.66. The number of nitriles is 1. The highest BCUT2D eigenvalue weighted by Crippen LogP contribution is 2.29. The van der Waals surface area contributed by atoms with Crippen molar-refractivity contribution in [2.75, 3.05) is 30.4 Å².